The van der Waals surface area contributed by atoms with Crippen LogP contribution in [0.1, 0.15) is 18.9 Å². The number of halogens is 3. The minimum Gasteiger partial charge on any atom is -0.477 e. The quantitative estimate of drug-likeness (QED) is 0.840. The molecule has 96 valence electrons. The van der Waals surface area contributed by atoms with Gasteiger partial charge in [0.05, 0.1) is 13.0 Å². The fourth-order valence-electron chi connectivity index (χ4n) is 1.18. The Morgan fingerprint density at radius 2 is 2.18 bits per heavy atom. The van der Waals surface area contributed by atoms with Gasteiger partial charge in [0.15, 0.2) is 0 Å². The monoisotopic (exact) mass is 248 g/mol. The molecular formula is C11H15F3N2O. The molecule has 0 aromatic carbocycles. The van der Waals surface area contributed by atoms with Gasteiger partial charge in [-0.1, -0.05) is 6.92 Å². The third-order valence-corrected chi connectivity index (χ3v) is 2.01. The zero-order valence-corrected chi connectivity index (χ0v) is 9.55. The molecule has 1 heterocycles. The summed E-state index contributed by atoms with van der Waals surface area (Å²) in [6, 6.07) is 3.43. The number of hydrogen-bond acceptors (Lipinski definition) is 3. The topological polar surface area (TPSA) is 34.2 Å². The van der Waals surface area contributed by atoms with Crippen LogP contribution in [0.4, 0.5) is 13.2 Å². The molecule has 0 bridgehead atoms. The Bertz CT molecular complexity index is 342. The van der Waals surface area contributed by atoms with E-state index in [1.165, 1.54) is 6.20 Å². The van der Waals surface area contributed by atoms with E-state index in [1.807, 2.05) is 6.92 Å². The van der Waals surface area contributed by atoms with Crippen LogP contribution in [0.2, 0.25) is 0 Å². The van der Waals surface area contributed by atoms with Crippen molar-refractivity contribution >= 4 is 0 Å². The van der Waals surface area contributed by atoms with Gasteiger partial charge < -0.3 is 10.1 Å². The van der Waals surface area contributed by atoms with Gasteiger partial charge in [-0.25, -0.2) is 4.98 Å². The molecular weight excluding hydrogens is 233 g/mol. The molecule has 1 rings (SSSR count). The second-order valence-electron chi connectivity index (χ2n) is 3.50. The summed E-state index contributed by atoms with van der Waals surface area (Å²) < 4.78 is 40.6. The number of nitrogens with zero attached hydrogens (tertiary/aromatic N) is 1. The molecule has 0 atom stereocenters. The van der Waals surface area contributed by atoms with Crippen molar-refractivity contribution in [2.45, 2.75) is 26.1 Å². The Labute approximate surface area is 98.0 Å². The highest BCUT2D eigenvalue weighted by Gasteiger charge is 2.26. The lowest BCUT2D eigenvalue weighted by Gasteiger charge is -2.09. The van der Waals surface area contributed by atoms with Gasteiger partial charge in [-0.2, -0.15) is 13.2 Å². The molecule has 0 radical (unpaired) electrons. The first-order valence-corrected chi connectivity index (χ1v) is 5.36. The normalized spacial score (nSPS) is 11.5. The van der Waals surface area contributed by atoms with Gasteiger partial charge in [-0.15, -0.1) is 0 Å². The van der Waals surface area contributed by atoms with E-state index in [0.29, 0.717) is 6.54 Å². The van der Waals surface area contributed by atoms with E-state index < -0.39 is 19.2 Å². The van der Waals surface area contributed by atoms with Crippen molar-refractivity contribution in [1.82, 2.24) is 10.3 Å². The average Bonchev–Trinajstić information content (AvgIpc) is 2.25. The number of pyridine rings is 1. The van der Waals surface area contributed by atoms with Crippen molar-refractivity contribution in [3.8, 4) is 5.88 Å². The standard InChI is InChI=1S/C11H15F3N2O/c1-2-15-8-9-3-5-16-10(7-9)17-6-4-11(12,13)14/h3,5,7,15H,2,4,6,8H2,1H3. The first-order chi connectivity index (χ1) is 8.01. The summed E-state index contributed by atoms with van der Waals surface area (Å²) >= 11 is 0. The van der Waals surface area contributed by atoms with Gasteiger partial charge in [0.2, 0.25) is 5.88 Å². The van der Waals surface area contributed by atoms with Gasteiger partial charge in [0, 0.05) is 18.8 Å². The van der Waals surface area contributed by atoms with Gasteiger partial charge in [-0.3, -0.25) is 0 Å². The van der Waals surface area contributed by atoms with Crippen LogP contribution in [-0.4, -0.2) is 24.3 Å². The van der Waals surface area contributed by atoms with Crippen LogP contribution in [0.3, 0.4) is 0 Å². The fraction of sp³-hybridized carbons (Fsp3) is 0.545. The number of aromatic nitrogens is 1. The summed E-state index contributed by atoms with van der Waals surface area (Å²) in [4.78, 5) is 3.85. The lowest BCUT2D eigenvalue weighted by molar-refractivity contribution is -0.139. The number of nitrogens with one attached hydrogen (secondary N) is 1. The minimum atomic E-state index is -4.19. The van der Waals surface area contributed by atoms with Crippen molar-refractivity contribution < 1.29 is 17.9 Å². The summed E-state index contributed by atoms with van der Waals surface area (Å²) in [5.41, 5.74) is 0.934. The number of rotatable bonds is 6. The van der Waals surface area contributed by atoms with Crippen molar-refractivity contribution in [1.29, 1.82) is 0 Å². The molecule has 0 aliphatic rings. The Morgan fingerprint density at radius 3 is 2.82 bits per heavy atom. The average molecular weight is 248 g/mol. The Hall–Kier alpha value is -1.30. The zero-order chi connectivity index (χ0) is 12.7. The second kappa shape index (κ2) is 6.44. The maximum atomic E-state index is 11.9. The number of hydrogen-bond donors (Lipinski definition) is 1. The SMILES string of the molecule is CCNCc1ccnc(OCCC(F)(F)F)c1. The zero-order valence-electron chi connectivity index (χ0n) is 9.55. The second-order valence-corrected chi connectivity index (χ2v) is 3.50. The van der Waals surface area contributed by atoms with Crippen molar-refractivity contribution in [3.05, 3.63) is 23.9 Å². The van der Waals surface area contributed by atoms with E-state index in [-0.39, 0.29) is 5.88 Å². The predicted molar refractivity (Wildman–Crippen MR) is 57.8 cm³/mol. The minimum absolute atomic E-state index is 0.227. The predicted octanol–water partition coefficient (Wildman–Crippen LogP) is 2.52. The van der Waals surface area contributed by atoms with Crippen LogP contribution in [0.25, 0.3) is 0 Å². The van der Waals surface area contributed by atoms with Gasteiger partial charge in [-0.05, 0) is 18.2 Å². The molecule has 6 heteroatoms. The molecule has 3 nitrogen and oxygen atoms in total. The third kappa shape index (κ3) is 6.11. The Kier molecular flexibility index (Phi) is 5.21. The molecule has 0 amide bonds. The summed E-state index contributed by atoms with van der Waals surface area (Å²) in [7, 11) is 0. The summed E-state index contributed by atoms with van der Waals surface area (Å²) in [6.07, 6.45) is -3.64. The summed E-state index contributed by atoms with van der Waals surface area (Å²) in [6.45, 7) is 3.05. The Morgan fingerprint density at radius 1 is 1.41 bits per heavy atom. The van der Waals surface area contributed by atoms with Crippen LogP contribution in [0, 0.1) is 0 Å². The van der Waals surface area contributed by atoms with Gasteiger partial charge in [0.1, 0.15) is 0 Å². The first kappa shape index (κ1) is 13.8. The molecule has 0 saturated carbocycles. The molecule has 1 aromatic rings. The highest BCUT2D eigenvalue weighted by atomic mass is 19.4. The van der Waals surface area contributed by atoms with E-state index in [0.717, 1.165) is 12.1 Å². The van der Waals surface area contributed by atoms with Gasteiger partial charge in [0.25, 0.3) is 0 Å². The smallest absolute Gasteiger partial charge is 0.392 e. The molecule has 0 spiro atoms. The van der Waals surface area contributed by atoms with E-state index >= 15 is 0 Å². The molecule has 0 saturated heterocycles. The maximum Gasteiger partial charge on any atom is 0.392 e. The van der Waals surface area contributed by atoms with Crippen molar-refractivity contribution in [2.24, 2.45) is 0 Å². The van der Waals surface area contributed by atoms with E-state index in [1.54, 1.807) is 12.1 Å². The third-order valence-electron chi connectivity index (χ3n) is 2.01. The molecule has 0 aliphatic heterocycles. The van der Waals surface area contributed by atoms with Crippen LogP contribution in [0.5, 0.6) is 5.88 Å². The van der Waals surface area contributed by atoms with Gasteiger partial charge >= 0.3 is 6.18 Å². The number of ether oxygens (including phenoxy) is 1. The molecule has 17 heavy (non-hydrogen) atoms. The fourth-order valence-corrected chi connectivity index (χ4v) is 1.18. The maximum absolute atomic E-state index is 11.9. The van der Waals surface area contributed by atoms with E-state index in [9.17, 15) is 13.2 Å². The largest absolute Gasteiger partial charge is 0.477 e. The van der Waals surface area contributed by atoms with Crippen LogP contribution in [0.15, 0.2) is 18.3 Å². The van der Waals surface area contributed by atoms with Crippen LogP contribution >= 0.6 is 0 Å². The summed E-state index contributed by atoms with van der Waals surface area (Å²) in [5, 5.41) is 3.11. The highest BCUT2D eigenvalue weighted by Crippen LogP contribution is 2.19. The molecule has 1 aromatic heterocycles. The lowest BCUT2D eigenvalue weighted by Crippen LogP contribution is -2.14. The van der Waals surface area contributed by atoms with Crippen molar-refractivity contribution in [2.75, 3.05) is 13.2 Å². The summed E-state index contributed by atoms with van der Waals surface area (Å²) in [5.74, 6) is 0.227. The molecule has 1 N–H and O–H groups in total. The van der Waals surface area contributed by atoms with Crippen LogP contribution in [-0.2, 0) is 6.54 Å². The van der Waals surface area contributed by atoms with Crippen molar-refractivity contribution in [3.63, 3.8) is 0 Å². The highest BCUT2D eigenvalue weighted by molar-refractivity contribution is 5.20. The van der Waals surface area contributed by atoms with E-state index in [4.69, 9.17) is 4.74 Å². The van der Waals surface area contributed by atoms with Crippen LogP contribution < -0.4 is 10.1 Å². The number of alkyl halides is 3. The molecule has 0 aliphatic carbocycles. The van der Waals surface area contributed by atoms with E-state index in [2.05, 4.69) is 10.3 Å². The molecule has 0 unspecified atom stereocenters. The lowest BCUT2D eigenvalue weighted by atomic mass is 10.2. The molecule has 0 fully saturated rings. The first-order valence-electron chi connectivity index (χ1n) is 5.36. The Balaban J connectivity index is 2.43.